The van der Waals surface area contributed by atoms with Crippen molar-refractivity contribution >= 4 is 28.9 Å². The Kier molecular flexibility index (Phi) is 7.23. The van der Waals surface area contributed by atoms with Crippen LogP contribution in [0.3, 0.4) is 0 Å². The van der Waals surface area contributed by atoms with Crippen molar-refractivity contribution in [1.29, 1.82) is 0 Å². The molecule has 4 aromatic rings. The molecule has 33 heavy (non-hydrogen) atoms. The molecule has 0 radical (unpaired) electrons. The van der Waals surface area contributed by atoms with Crippen LogP contribution in [0.5, 0.6) is 0 Å². The van der Waals surface area contributed by atoms with Crippen molar-refractivity contribution in [2.24, 2.45) is 0 Å². The van der Waals surface area contributed by atoms with Crippen LogP contribution in [-0.4, -0.2) is 23.5 Å². The number of esters is 1. The highest BCUT2D eigenvalue weighted by molar-refractivity contribution is 5.89. The topological polar surface area (TPSA) is 68.3 Å². The monoisotopic (exact) mass is 436 g/mol. The minimum absolute atomic E-state index is 0.225. The van der Waals surface area contributed by atoms with Gasteiger partial charge in [-0.25, -0.2) is 9.78 Å². The molecule has 0 spiro atoms. The smallest absolute Gasteiger partial charge is 0.331 e. The Morgan fingerprint density at radius 2 is 1.55 bits per heavy atom. The molecule has 0 aliphatic heterocycles. The van der Waals surface area contributed by atoms with Crippen molar-refractivity contribution in [3.8, 4) is 0 Å². The van der Waals surface area contributed by atoms with E-state index in [1.165, 1.54) is 6.08 Å². The van der Waals surface area contributed by atoms with Crippen LogP contribution in [0.15, 0.2) is 103 Å². The first-order valence-electron chi connectivity index (χ1n) is 10.8. The van der Waals surface area contributed by atoms with Crippen LogP contribution in [0.25, 0.3) is 17.0 Å². The van der Waals surface area contributed by atoms with Gasteiger partial charge in [0.2, 0.25) is 0 Å². The fourth-order valence-electron chi connectivity index (χ4n) is 3.54. The van der Waals surface area contributed by atoms with Gasteiger partial charge in [-0.15, -0.1) is 0 Å². The maximum absolute atomic E-state index is 12.5. The van der Waals surface area contributed by atoms with E-state index in [-0.39, 0.29) is 18.6 Å². The van der Waals surface area contributed by atoms with E-state index in [1.54, 1.807) is 6.08 Å². The second kappa shape index (κ2) is 10.9. The molecule has 1 unspecified atom stereocenters. The number of rotatable bonds is 8. The van der Waals surface area contributed by atoms with Crippen molar-refractivity contribution in [1.82, 2.24) is 10.3 Å². The molecule has 3 aromatic carbocycles. The second-order valence-electron chi connectivity index (χ2n) is 7.59. The number of fused-ring (bicyclic) bond motifs is 1. The first kappa shape index (κ1) is 22.0. The Labute approximate surface area is 192 Å². The summed E-state index contributed by atoms with van der Waals surface area (Å²) >= 11 is 0. The standard InChI is InChI=1S/C28H24N2O3/c31-27(30-26(22-11-5-2-6-12-22)19-21-9-3-1-4-10-21)20-33-28(32)18-17-24-16-15-23-13-7-8-14-25(23)29-24/h1-18,26H,19-20H2,(H,30,31)/b18-17+. The van der Waals surface area contributed by atoms with E-state index in [0.29, 0.717) is 12.1 Å². The number of carbonyl (C=O) groups excluding carboxylic acids is 2. The fraction of sp³-hybridized carbons (Fsp3) is 0.107. The van der Waals surface area contributed by atoms with Gasteiger partial charge in [-0.1, -0.05) is 84.9 Å². The van der Waals surface area contributed by atoms with Gasteiger partial charge in [-0.2, -0.15) is 0 Å². The molecule has 0 bridgehead atoms. The van der Waals surface area contributed by atoms with E-state index in [2.05, 4.69) is 10.3 Å². The normalized spacial score (nSPS) is 11.9. The zero-order valence-electron chi connectivity index (χ0n) is 18.1. The molecular formula is C28H24N2O3. The third kappa shape index (κ3) is 6.37. The largest absolute Gasteiger partial charge is 0.452 e. The molecule has 5 heteroatoms. The van der Waals surface area contributed by atoms with Crippen LogP contribution in [-0.2, 0) is 20.7 Å². The van der Waals surface area contributed by atoms with E-state index < -0.39 is 5.97 Å². The average molecular weight is 437 g/mol. The molecule has 1 atom stereocenters. The zero-order chi connectivity index (χ0) is 22.9. The molecule has 5 nitrogen and oxygen atoms in total. The van der Waals surface area contributed by atoms with Crippen molar-refractivity contribution in [3.63, 3.8) is 0 Å². The van der Waals surface area contributed by atoms with Gasteiger partial charge in [0.15, 0.2) is 6.61 Å². The number of amides is 1. The molecule has 0 aliphatic carbocycles. The van der Waals surface area contributed by atoms with Gasteiger partial charge in [0, 0.05) is 11.5 Å². The summed E-state index contributed by atoms with van der Waals surface area (Å²) in [6.07, 6.45) is 3.50. The lowest BCUT2D eigenvalue weighted by Crippen LogP contribution is -2.33. The van der Waals surface area contributed by atoms with Crippen molar-refractivity contribution in [2.75, 3.05) is 6.61 Å². The summed E-state index contributed by atoms with van der Waals surface area (Å²) in [5, 5.41) is 4.00. The summed E-state index contributed by atoms with van der Waals surface area (Å²) in [5.41, 5.74) is 3.58. The molecule has 0 saturated heterocycles. The van der Waals surface area contributed by atoms with Crippen LogP contribution < -0.4 is 5.32 Å². The summed E-state index contributed by atoms with van der Waals surface area (Å²) in [4.78, 5) is 29.1. The third-order valence-electron chi connectivity index (χ3n) is 5.18. The van der Waals surface area contributed by atoms with Crippen molar-refractivity contribution in [2.45, 2.75) is 12.5 Å². The maximum Gasteiger partial charge on any atom is 0.331 e. The number of hydrogen-bond acceptors (Lipinski definition) is 4. The van der Waals surface area contributed by atoms with Gasteiger partial charge in [0.25, 0.3) is 5.91 Å². The second-order valence-corrected chi connectivity index (χ2v) is 7.59. The Morgan fingerprint density at radius 3 is 2.33 bits per heavy atom. The van der Waals surface area contributed by atoms with Gasteiger partial charge in [0.05, 0.1) is 17.3 Å². The lowest BCUT2D eigenvalue weighted by atomic mass is 9.99. The Morgan fingerprint density at radius 1 is 0.848 bits per heavy atom. The van der Waals surface area contributed by atoms with Gasteiger partial charge < -0.3 is 10.1 Å². The van der Waals surface area contributed by atoms with Crippen molar-refractivity contribution < 1.29 is 14.3 Å². The van der Waals surface area contributed by atoms with Crippen molar-refractivity contribution in [3.05, 3.63) is 120 Å². The Hall–Kier alpha value is -4.25. The molecule has 0 aliphatic rings. The minimum atomic E-state index is -0.598. The van der Waals surface area contributed by atoms with Crippen LogP contribution >= 0.6 is 0 Å². The third-order valence-corrected chi connectivity index (χ3v) is 5.18. The molecule has 0 saturated carbocycles. The molecular weight excluding hydrogens is 412 g/mol. The number of hydrogen-bond donors (Lipinski definition) is 1. The fourth-order valence-corrected chi connectivity index (χ4v) is 3.54. The lowest BCUT2D eigenvalue weighted by Gasteiger charge is -2.19. The molecule has 1 N–H and O–H groups in total. The predicted molar refractivity (Wildman–Crippen MR) is 129 cm³/mol. The van der Waals surface area contributed by atoms with Gasteiger partial charge in [0.1, 0.15) is 0 Å². The van der Waals surface area contributed by atoms with Gasteiger partial charge >= 0.3 is 5.97 Å². The zero-order valence-corrected chi connectivity index (χ0v) is 18.1. The summed E-state index contributed by atoms with van der Waals surface area (Å²) < 4.78 is 5.13. The van der Waals surface area contributed by atoms with E-state index >= 15 is 0 Å². The van der Waals surface area contributed by atoms with Crippen LogP contribution in [0.2, 0.25) is 0 Å². The minimum Gasteiger partial charge on any atom is -0.452 e. The number of benzene rings is 3. The average Bonchev–Trinajstić information content (AvgIpc) is 2.87. The van der Waals surface area contributed by atoms with Crippen LogP contribution in [0, 0.1) is 0 Å². The SMILES string of the molecule is O=C(COC(=O)/C=C/c1ccc2ccccc2n1)NC(Cc1ccccc1)c1ccccc1. The molecule has 1 amide bonds. The summed E-state index contributed by atoms with van der Waals surface area (Å²) in [6.45, 7) is -0.355. The lowest BCUT2D eigenvalue weighted by molar-refractivity contribution is -0.144. The van der Waals surface area contributed by atoms with E-state index in [0.717, 1.165) is 22.0 Å². The molecule has 1 aromatic heterocycles. The number of nitrogens with one attached hydrogen (secondary N) is 1. The number of ether oxygens (including phenoxy) is 1. The Bertz CT molecular complexity index is 1250. The number of carbonyl (C=O) groups is 2. The van der Waals surface area contributed by atoms with E-state index in [4.69, 9.17) is 4.74 Å². The number of nitrogens with zero attached hydrogens (tertiary/aromatic N) is 1. The van der Waals surface area contributed by atoms with E-state index in [9.17, 15) is 9.59 Å². The molecule has 164 valence electrons. The van der Waals surface area contributed by atoms with Gasteiger partial charge in [-0.3, -0.25) is 4.79 Å². The first-order valence-corrected chi connectivity index (χ1v) is 10.8. The maximum atomic E-state index is 12.5. The predicted octanol–water partition coefficient (Wildman–Crippen LogP) is 4.89. The first-order chi connectivity index (χ1) is 16.2. The van der Waals surface area contributed by atoms with E-state index in [1.807, 2.05) is 97.1 Å². The quantitative estimate of drug-likeness (QED) is 0.315. The number of pyridine rings is 1. The highest BCUT2D eigenvalue weighted by atomic mass is 16.5. The summed E-state index contributed by atoms with van der Waals surface area (Å²) in [5.74, 6) is -0.954. The number of para-hydroxylation sites is 1. The van der Waals surface area contributed by atoms with Crippen LogP contribution in [0.4, 0.5) is 0 Å². The summed E-state index contributed by atoms with van der Waals surface area (Å²) in [6, 6.07) is 31.0. The van der Waals surface area contributed by atoms with Gasteiger partial charge in [-0.05, 0) is 35.8 Å². The summed E-state index contributed by atoms with van der Waals surface area (Å²) in [7, 11) is 0. The highest BCUT2D eigenvalue weighted by Gasteiger charge is 2.16. The van der Waals surface area contributed by atoms with Crippen LogP contribution in [0.1, 0.15) is 22.9 Å². The Balaban J connectivity index is 1.34. The molecule has 0 fully saturated rings. The highest BCUT2D eigenvalue weighted by Crippen LogP contribution is 2.18. The molecule has 4 rings (SSSR count). The number of aromatic nitrogens is 1. The molecule has 1 heterocycles.